The predicted octanol–water partition coefficient (Wildman–Crippen LogP) is 3.57. The summed E-state index contributed by atoms with van der Waals surface area (Å²) in [6.07, 6.45) is -0.654. The van der Waals surface area contributed by atoms with E-state index >= 15 is 0 Å². The first-order chi connectivity index (χ1) is 10.3. The van der Waals surface area contributed by atoms with Gasteiger partial charge < -0.3 is 14.2 Å². The molecule has 0 amide bonds. The molecule has 0 atom stereocenters. The average Bonchev–Trinajstić information content (AvgIpc) is 2.51. The Hall–Kier alpha value is -2.33. The van der Waals surface area contributed by atoms with Crippen LogP contribution in [0.25, 0.3) is 0 Å². The van der Waals surface area contributed by atoms with Gasteiger partial charge in [-0.05, 0) is 22.3 Å². The smallest absolute Gasteiger partial charge is 0.429 e. The van der Waals surface area contributed by atoms with Crippen LogP contribution >= 0.6 is 0 Å². The lowest BCUT2D eigenvalue weighted by Crippen LogP contribution is -2.08. The van der Waals surface area contributed by atoms with Gasteiger partial charge in [0.1, 0.15) is 13.2 Å². The van der Waals surface area contributed by atoms with Gasteiger partial charge in [0.25, 0.3) is 0 Å². The van der Waals surface area contributed by atoms with Gasteiger partial charge >= 0.3 is 6.16 Å². The van der Waals surface area contributed by atoms with E-state index in [0.717, 1.165) is 22.3 Å². The largest absolute Gasteiger partial charge is 0.508 e. The van der Waals surface area contributed by atoms with Crippen molar-refractivity contribution in [3.63, 3.8) is 0 Å². The van der Waals surface area contributed by atoms with E-state index in [1.807, 2.05) is 48.5 Å². The molecule has 1 heterocycles. The Bertz CT molecular complexity index is 583. The number of cyclic esters (lactones) is 2. The zero-order valence-electron chi connectivity index (χ0n) is 11.6. The minimum absolute atomic E-state index is 0.201. The van der Waals surface area contributed by atoms with Crippen molar-refractivity contribution in [2.24, 2.45) is 0 Å². The van der Waals surface area contributed by atoms with Crippen molar-refractivity contribution in [2.75, 3.05) is 0 Å². The van der Waals surface area contributed by atoms with Crippen LogP contribution in [-0.2, 0) is 40.6 Å². The van der Waals surface area contributed by atoms with Crippen LogP contribution in [0.15, 0.2) is 48.5 Å². The van der Waals surface area contributed by atoms with Crippen molar-refractivity contribution in [3.05, 3.63) is 70.8 Å². The molecule has 0 saturated heterocycles. The Morgan fingerprint density at radius 3 is 1.57 bits per heavy atom. The van der Waals surface area contributed by atoms with Gasteiger partial charge in [-0.15, -0.1) is 0 Å². The summed E-state index contributed by atoms with van der Waals surface area (Å²) in [7, 11) is 0. The van der Waals surface area contributed by atoms with Gasteiger partial charge in [0, 0.05) is 0 Å². The van der Waals surface area contributed by atoms with E-state index in [2.05, 4.69) is 0 Å². The third-order valence-electron chi connectivity index (χ3n) is 3.23. The van der Waals surface area contributed by atoms with E-state index in [1.54, 1.807) is 0 Å². The normalized spacial score (nSPS) is 15.5. The monoisotopic (exact) mass is 284 g/mol. The summed E-state index contributed by atoms with van der Waals surface area (Å²) in [4.78, 5) is 11.6. The number of hydrogen-bond donors (Lipinski definition) is 0. The Kier molecular flexibility index (Phi) is 4.17. The van der Waals surface area contributed by atoms with E-state index < -0.39 is 6.16 Å². The summed E-state index contributed by atoms with van der Waals surface area (Å²) in [5, 5.41) is 0. The van der Waals surface area contributed by atoms with Crippen LogP contribution in [-0.4, -0.2) is 6.16 Å². The van der Waals surface area contributed by atoms with E-state index in [9.17, 15) is 4.79 Å². The highest BCUT2D eigenvalue weighted by atomic mass is 16.7. The zero-order valence-corrected chi connectivity index (χ0v) is 11.6. The molecule has 1 aliphatic heterocycles. The number of carbonyl (C=O) groups excluding carboxylic acids is 1. The maximum Gasteiger partial charge on any atom is 0.508 e. The third-order valence-corrected chi connectivity index (χ3v) is 3.23. The van der Waals surface area contributed by atoms with Crippen LogP contribution in [0.3, 0.4) is 0 Å². The molecule has 0 saturated carbocycles. The first kappa shape index (κ1) is 13.6. The van der Waals surface area contributed by atoms with Crippen molar-refractivity contribution in [1.82, 2.24) is 0 Å². The second-order valence-corrected chi connectivity index (χ2v) is 4.96. The quantitative estimate of drug-likeness (QED) is 0.694. The van der Waals surface area contributed by atoms with Crippen LogP contribution in [0.4, 0.5) is 4.79 Å². The second-order valence-electron chi connectivity index (χ2n) is 4.96. The molecule has 0 fully saturated rings. The number of ether oxygens (including phenoxy) is 3. The van der Waals surface area contributed by atoms with Crippen LogP contribution in [0, 0.1) is 0 Å². The van der Waals surface area contributed by atoms with Gasteiger partial charge in [-0.1, -0.05) is 48.5 Å². The number of benzene rings is 2. The molecule has 3 rings (SSSR count). The van der Waals surface area contributed by atoms with Crippen molar-refractivity contribution in [3.8, 4) is 0 Å². The lowest BCUT2D eigenvalue weighted by atomic mass is 10.1. The summed E-state index contributed by atoms with van der Waals surface area (Å²) in [6, 6.07) is 15.6. The summed E-state index contributed by atoms with van der Waals surface area (Å²) >= 11 is 0. The first-order valence-electron chi connectivity index (χ1n) is 6.82. The van der Waals surface area contributed by atoms with Crippen molar-refractivity contribution in [1.29, 1.82) is 0 Å². The molecule has 1 aliphatic rings. The lowest BCUT2D eigenvalue weighted by Gasteiger charge is -2.11. The fraction of sp³-hybridized carbons (Fsp3) is 0.235. The maximum absolute atomic E-state index is 11.6. The molecule has 0 aromatic heterocycles. The highest BCUT2D eigenvalue weighted by Crippen LogP contribution is 2.13. The molecule has 2 aromatic rings. The Balaban J connectivity index is 1.81. The lowest BCUT2D eigenvalue weighted by molar-refractivity contribution is 0.0443. The summed E-state index contributed by atoms with van der Waals surface area (Å²) in [5.41, 5.74) is 3.95. The van der Waals surface area contributed by atoms with Crippen LogP contribution < -0.4 is 0 Å². The Morgan fingerprint density at radius 2 is 1.10 bits per heavy atom. The highest BCUT2D eigenvalue weighted by molar-refractivity contribution is 5.60. The number of hydrogen-bond acceptors (Lipinski definition) is 4. The van der Waals surface area contributed by atoms with Crippen LogP contribution in [0.1, 0.15) is 22.3 Å². The zero-order chi connectivity index (χ0) is 14.5. The standard InChI is InChI=1S/C17H16O4/c18-17-20-11-15-5-1-3-13(7-15)9-19-10-14-4-2-6-16(8-14)12-21-17/h1-8H,9-12H2. The molecule has 21 heavy (non-hydrogen) atoms. The first-order valence-corrected chi connectivity index (χ1v) is 6.82. The molecular formula is C17H16O4. The number of rotatable bonds is 0. The van der Waals surface area contributed by atoms with Crippen LogP contribution in [0.2, 0.25) is 0 Å². The minimum atomic E-state index is -0.654. The highest BCUT2D eigenvalue weighted by Gasteiger charge is 2.07. The average molecular weight is 284 g/mol. The predicted molar refractivity (Wildman–Crippen MR) is 76.4 cm³/mol. The van der Waals surface area contributed by atoms with Crippen molar-refractivity contribution < 1.29 is 19.0 Å². The summed E-state index contributed by atoms with van der Waals surface area (Å²) < 4.78 is 15.9. The Morgan fingerprint density at radius 1 is 0.667 bits per heavy atom. The molecular weight excluding hydrogens is 268 g/mol. The minimum Gasteiger partial charge on any atom is -0.429 e. The molecule has 0 radical (unpaired) electrons. The molecule has 2 aromatic carbocycles. The number of carbonyl (C=O) groups is 1. The van der Waals surface area contributed by atoms with Gasteiger partial charge in [0.2, 0.25) is 0 Å². The van der Waals surface area contributed by atoms with Crippen molar-refractivity contribution >= 4 is 6.16 Å². The molecule has 0 unspecified atom stereocenters. The molecule has 4 heteroatoms. The fourth-order valence-corrected chi connectivity index (χ4v) is 2.23. The third kappa shape index (κ3) is 3.83. The Labute approximate surface area is 123 Å². The van der Waals surface area contributed by atoms with Gasteiger partial charge in [-0.3, -0.25) is 0 Å². The summed E-state index contributed by atoms with van der Waals surface area (Å²) in [5.74, 6) is 0. The van der Waals surface area contributed by atoms with Gasteiger partial charge in [-0.25, -0.2) is 4.79 Å². The van der Waals surface area contributed by atoms with Gasteiger partial charge in [0.15, 0.2) is 0 Å². The maximum atomic E-state index is 11.6. The van der Waals surface area contributed by atoms with Crippen LogP contribution in [0.5, 0.6) is 0 Å². The van der Waals surface area contributed by atoms with E-state index in [-0.39, 0.29) is 13.2 Å². The topological polar surface area (TPSA) is 44.8 Å². The molecule has 0 aliphatic carbocycles. The number of fused-ring (bicyclic) bond motifs is 4. The van der Waals surface area contributed by atoms with E-state index in [0.29, 0.717) is 13.2 Å². The second kappa shape index (κ2) is 6.41. The van der Waals surface area contributed by atoms with Gasteiger partial charge in [0.05, 0.1) is 13.2 Å². The van der Waals surface area contributed by atoms with E-state index in [4.69, 9.17) is 14.2 Å². The molecule has 0 N–H and O–H groups in total. The van der Waals surface area contributed by atoms with Gasteiger partial charge in [-0.2, -0.15) is 0 Å². The molecule has 0 spiro atoms. The fourth-order valence-electron chi connectivity index (χ4n) is 2.23. The molecule has 4 nitrogen and oxygen atoms in total. The molecule has 4 bridgehead atoms. The SMILES string of the molecule is O=C1OCc2cccc(c2)COCc2cccc(c2)CO1. The van der Waals surface area contributed by atoms with E-state index in [1.165, 1.54) is 0 Å². The summed E-state index contributed by atoms with van der Waals surface area (Å²) in [6.45, 7) is 1.46. The molecule has 108 valence electrons. The van der Waals surface area contributed by atoms with Crippen molar-refractivity contribution in [2.45, 2.75) is 26.4 Å².